The van der Waals surface area contributed by atoms with Gasteiger partial charge in [-0.15, -0.1) is 0 Å². The Morgan fingerprint density at radius 2 is 1.56 bits per heavy atom. The minimum absolute atomic E-state index is 0.384. The predicted molar refractivity (Wildman–Crippen MR) is 73.7 cm³/mol. The van der Waals surface area contributed by atoms with Gasteiger partial charge in [0, 0.05) is 11.3 Å². The van der Waals surface area contributed by atoms with Crippen LogP contribution < -0.4 is 4.52 Å². The molecule has 0 fully saturated rings. The Balaban J connectivity index is 2.90. The predicted octanol–water partition coefficient (Wildman–Crippen LogP) is 4.90. The van der Waals surface area contributed by atoms with Gasteiger partial charge in [-0.1, -0.05) is 39.8 Å². The van der Waals surface area contributed by atoms with E-state index in [0.717, 1.165) is 5.75 Å². The second-order valence-corrected chi connectivity index (χ2v) is 7.80. The summed E-state index contributed by atoms with van der Waals surface area (Å²) in [5, 5.41) is 0. The van der Waals surface area contributed by atoms with Crippen molar-refractivity contribution >= 4 is 8.15 Å². The van der Waals surface area contributed by atoms with Crippen molar-refractivity contribution in [3.05, 3.63) is 29.3 Å². The van der Waals surface area contributed by atoms with Crippen LogP contribution in [0.3, 0.4) is 0 Å². The van der Waals surface area contributed by atoms with Crippen LogP contribution in [0.15, 0.2) is 18.2 Å². The van der Waals surface area contributed by atoms with E-state index in [1.54, 1.807) is 0 Å². The van der Waals surface area contributed by atoms with Crippen LogP contribution >= 0.6 is 8.15 Å². The molecule has 0 spiro atoms. The molecule has 1 aromatic rings. The molecule has 1 aromatic carbocycles. The Hall–Kier alpha value is -0.550. The second-order valence-electron chi connectivity index (χ2n) is 4.84. The third kappa shape index (κ3) is 3.22. The van der Waals surface area contributed by atoms with Gasteiger partial charge >= 0.3 is 0 Å². The number of benzene rings is 1. The summed E-state index contributed by atoms with van der Waals surface area (Å²) in [6.07, 6.45) is 0. The highest BCUT2D eigenvalue weighted by atomic mass is 31.1. The highest BCUT2D eigenvalue weighted by Gasteiger charge is 2.20. The molecule has 0 radical (unpaired) electrons. The van der Waals surface area contributed by atoms with Crippen molar-refractivity contribution < 1.29 is 4.52 Å². The zero-order chi connectivity index (χ0) is 12.3. The van der Waals surface area contributed by atoms with Gasteiger partial charge in [-0.3, -0.25) is 0 Å². The molecule has 0 aromatic heterocycles. The second kappa shape index (κ2) is 5.68. The fraction of sp³-hybridized carbons (Fsp3) is 0.571. The number of hydrogen-bond acceptors (Lipinski definition) is 1. The van der Waals surface area contributed by atoms with E-state index < -0.39 is 0 Å². The van der Waals surface area contributed by atoms with E-state index >= 15 is 0 Å². The van der Waals surface area contributed by atoms with Gasteiger partial charge in [-0.05, 0) is 31.0 Å². The summed E-state index contributed by atoms with van der Waals surface area (Å²) < 4.78 is 6.21. The SMILES string of the molecule is Cc1cccc(OP(C(C)C)C(C)C)c1C. The van der Waals surface area contributed by atoms with E-state index in [4.69, 9.17) is 4.52 Å². The highest BCUT2D eigenvalue weighted by molar-refractivity contribution is 7.54. The van der Waals surface area contributed by atoms with E-state index in [9.17, 15) is 0 Å². The van der Waals surface area contributed by atoms with Crippen LogP contribution in [0.25, 0.3) is 0 Å². The Morgan fingerprint density at radius 1 is 1.00 bits per heavy atom. The standard InChI is InChI=1S/C14H23OP/c1-10(2)16(11(3)4)15-14-9-7-8-12(5)13(14)6/h7-11H,1-6H3. The molecule has 0 N–H and O–H groups in total. The van der Waals surface area contributed by atoms with Gasteiger partial charge in [0.2, 0.25) is 0 Å². The van der Waals surface area contributed by atoms with Crippen LogP contribution in [0.5, 0.6) is 5.75 Å². The van der Waals surface area contributed by atoms with E-state index in [0.29, 0.717) is 11.3 Å². The van der Waals surface area contributed by atoms with Gasteiger partial charge in [0.1, 0.15) is 5.75 Å². The monoisotopic (exact) mass is 238 g/mol. The zero-order valence-corrected chi connectivity index (χ0v) is 12.1. The van der Waals surface area contributed by atoms with E-state index in [1.165, 1.54) is 11.1 Å². The van der Waals surface area contributed by atoms with Crippen LogP contribution in [0.2, 0.25) is 0 Å². The van der Waals surface area contributed by atoms with Crippen molar-refractivity contribution in [1.29, 1.82) is 0 Å². The van der Waals surface area contributed by atoms with Crippen LogP contribution in [0.4, 0.5) is 0 Å². The van der Waals surface area contributed by atoms with Crippen molar-refractivity contribution in [3.63, 3.8) is 0 Å². The van der Waals surface area contributed by atoms with Crippen molar-refractivity contribution in [3.8, 4) is 5.75 Å². The lowest BCUT2D eigenvalue weighted by Gasteiger charge is -2.26. The molecule has 0 aliphatic carbocycles. The molecule has 0 heterocycles. The number of aryl methyl sites for hydroxylation is 1. The Morgan fingerprint density at radius 3 is 2.06 bits per heavy atom. The van der Waals surface area contributed by atoms with E-state index in [1.807, 2.05) is 0 Å². The van der Waals surface area contributed by atoms with Crippen molar-refractivity contribution in [2.24, 2.45) is 0 Å². The first kappa shape index (κ1) is 13.5. The van der Waals surface area contributed by atoms with Gasteiger partial charge in [0.05, 0.1) is 8.15 Å². The van der Waals surface area contributed by atoms with Gasteiger partial charge < -0.3 is 4.52 Å². The van der Waals surface area contributed by atoms with Crippen LogP contribution in [-0.2, 0) is 0 Å². The molecule has 0 amide bonds. The summed E-state index contributed by atoms with van der Waals surface area (Å²) in [4.78, 5) is 0. The molecule has 1 rings (SSSR count). The van der Waals surface area contributed by atoms with Gasteiger partial charge in [0.15, 0.2) is 0 Å². The fourth-order valence-corrected chi connectivity index (χ4v) is 3.78. The third-order valence-electron chi connectivity index (χ3n) is 2.78. The number of rotatable bonds is 4. The molecule has 0 atom stereocenters. The largest absolute Gasteiger partial charge is 0.473 e. The quantitative estimate of drug-likeness (QED) is 0.678. The minimum Gasteiger partial charge on any atom is -0.473 e. The van der Waals surface area contributed by atoms with E-state index in [2.05, 4.69) is 59.7 Å². The summed E-state index contributed by atoms with van der Waals surface area (Å²) in [5.74, 6) is 1.06. The molecule has 16 heavy (non-hydrogen) atoms. The first-order chi connectivity index (χ1) is 7.43. The smallest absolute Gasteiger partial charge is 0.126 e. The van der Waals surface area contributed by atoms with Gasteiger partial charge in [0.25, 0.3) is 0 Å². The molecule has 0 saturated carbocycles. The summed E-state index contributed by atoms with van der Waals surface area (Å²) in [6, 6.07) is 6.30. The van der Waals surface area contributed by atoms with Crippen molar-refractivity contribution in [1.82, 2.24) is 0 Å². The first-order valence-corrected chi connectivity index (χ1v) is 7.35. The summed E-state index contributed by atoms with van der Waals surface area (Å²) in [6.45, 7) is 13.3. The molecule has 0 aliphatic rings. The lowest BCUT2D eigenvalue weighted by molar-refractivity contribution is 0.587. The van der Waals surface area contributed by atoms with Crippen LogP contribution in [-0.4, -0.2) is 11.3 Å². The molecule has 0 unspecified atom stereocenters. The molecule has 0 bridgehead atoms. The van der Waals surface area contributed by atoms with E-state index in [-0.39, 0.29) is 8.15 Å². The van der Waals surface area contributed by atoms with Crippen molar-refractivity contribution in [2.45, 2.75) is 52.9 Å². The molecule has 0 saturated heterocycles. The first-order valence-electron chi connectivity index (χ1n) is 5.96. The maximum Gasteiger partial charge on any atom is 0.126 e. The van der Waals surface area contributed by atoms with Gasteiger partial charge in [-0.25, -0.2) is 0 Å². The molecule has 2 heteroatoms. The Labute approximate surface area is 101 Å². The lowest BCUT2D eigenvalue weighted by Crippen LogP contribution is -2.09. The average Bonchev–Trinajstić information content (AvgIpc) is 2.19. The maximum absolute atomic E-state index is 6.21. The molecule has 0 aliphatic heterocycles. The van der Waals surface area contributed by atoms with Crippen molar-refractivity contribution in [2.75, 3.05) is 0 Å². The molecule has 1 nitrogen and oxygen atoms in total. The maximum atomic E-state index is 6.21. The zero-order valence-electron chi connectivity index (χ0n) is 11.2. The average molecular weight is 238 g/mol. The summed E-state index contributed by atoms with van der Waals surface area (Å²) in [5.41, 5.74) is 3.79. The van der Waals surface area contributed by atoms with Crippen LogP contribution in [0.1, 0.15) is 38.8 Å². The lowest BCUT2D eigenvalue weighted by atomic mass is 10.1. The number of hydrogen-bond donors (Lipinski definition) is 0. The molecule has 90 valence electrons. The summed E-state index contributed by atoms with van der Waals surface area (Å²) >= 11 is 0. The highest BCUT2D eigenvalue weighted by Crippen LogP contribution is 2.47. The topological polar surface area (TPSA) is 9.23 Å². The van der Waals surface area contributed by atoms with Gasteiger partial charge in [-0.2, -0.15) is 0 Å². The molecular formula is C14H23OP. The normalized spacial score (nSPS) is 11.6. The fourth-order valence-electron chi connectivity index (χ4n) is 1.74. The minimum atomic E-state index is -0.384. The Kier molecular flexibility index (Phi) is 4.80. The van der Waals surface area contributed by atoms with Crippen LogP contribution in [0, 0.1) is 13.8 Å². The summed E-state index contributed by atoms with van der Waals surface area (Å²) in [7, 11) is -0.384. The molecular weight excluding hydrogens is 215 g/mol. The third-order valence-corrected chi connectivity index (χ3v) is 5.22. The Bertz CT molecular complexity index is 337.